The van der Waals surface area contributed by atoms with Gasteiger partial charge in [-0.1, -0.05) is 36.4 Å². The average molecular weight is 444 g/mol. The molecule has 0 saturated carbocycles. The van der Waals surface area contributed by atoms with Crippen LogP contribution in [-0.2, 0) is 4.74 Å². The van der Waals surface area contributed by atoms with E-state index in [2.05, 4.69) is 25.6 Å². The van der Waals surface area contributed by atoms with Gasteiger partial charge in [-0.15, -0.1) is 0 Å². The van der Waals surface area contributed by atoms with Crippen molar-refractivity contribution < 1.29 is 14.3 Å². The summed E-state index contributed by atoms with van der Waals surface area (Å²) in [5, 5.41) is 6.67. The number of carbonyl (C=O) groups excluding carboxylic acids is 2. The number of rotatable bonds is 9. The molecule has 0 spiro atoms. The lowest BCUT2D eigenvalue weighted by atomic mass is 10.0. The first-order chi connectivity index (χ1) is 16.0. The first-order valence-corrected chi connectivity index (χ1v) is 10.7. The number of nitrogens with one attached hydrogen (secondary N) is 3. The first kappa shape index (κ1) is 22.2. The molecule has 2 aromatic carbocycles. The monoisotopic (exact) mass is 443 g/mol. The number of amides is 1. The Morgan fingerprint density at radius 2 is 1.82 bits per heavy atom. The minimum atomic E-state index is -0.194. The first-order valence-electron chi connectivity index (χ1n) is 10.7. The van der Waals surface area contributed by atoms with Gasteiger partial charge < -0.3 is 20.4 Å². The second kappa shape index (κ2) is 10.1. The Kier molecular flexibility index (Phi) is 6.75. The molecule has 4 rings (SSSR count). The van der Waals surface area contributed by atoms with Crippen LogP contribution in [-0.4, -0.2) is 45.9 Å². The fraction of sp³-hybridized carbons (Fsp3) is 0.200. The molecule has 0 radical (unpaired) electrons. The minimum Gasteiger partial charge on any atom is -0.377 e. The van der Waals surface area contributed by atoms with Gasteiger partial charge in [0.05, 0.1) is 23.7 Å². The summed E-state index contributed by atoms with van der Waals surface area (Å²) < 4.78 is 5.45. The summed E-state index contributed by atoms with van der Waals surface area (Å²) in [4.78, 5) is 37.2. The largest absolute Gasteiger partial charge is 0.377 e. The minimum absolute atomic E-state index is 0.117. The number of nitrogens with zero attached hydrogens (tertiary/aromatic N) is 2. The van der Waals surface area contributed by atoms with Gasteiger partial charge in [0.15, 0.2) is 5.78 Å². The maximum Gasteiger partial charge on any atom is 0.251 e. The van der Waals surface area contributed by atoms with Gasteiger partial charge in [-0.3, -0.25) is 9.59 Å². The molecule has 3 N–H and O–H groups in total. The van der Waals surface area contributed by atoms with Crippen LogP contribution >= 0.6 is 0 Å². The van der Waals surface area contributed by atoms with Crippen LogP contribution in [0.4, 0.5) is 11.5 Å². The van der Waals surface area contributed by atoms with Crippen molar-refractivity contribution >= 4 is 34.2 Å². The van der Waals surface area contributed by atoms with E-state index in [0.717, 1.165) is 0 Å². The van der Waals surface area contributed by atoms with E-state index >= 15 is 0 Å². The zero-order valence-corrected chi connectivity index (χ0v) is 18.5. The molecule has 1 amide bonds. The lowest BCUT2D eigenvalue weighted by molar-refractivity contribution is 0.0746. The smallest absolute Gasteiger partial charge is 0.251 e. The predicted octanol–water partition coefficient (Wildman–Crippen LogP) is 4.09. The quantitative estimate of drug-likeness (QED) is 0.266. The Bertz CT molecular complexity index is 1270. The third kappa shape index (κ3) is 5.24. The molecular formula is C25H25N5O3. The van der Waals surface area contributed by atoms with Crippen molar-refractivity contribution in [3.8, 4) is 0 Å². The molecule has 0 aliphatic carbocycles. The topological polar surface area (TPSA) is 109 Å². The zero-order valence-electron chi connectivity index (χ0n) is 18.5. The summed E-state index contributed by atoms with van der Waals surface area (Å²) in [7, 11) is 0. The maximum absolute atomic E-state index is 13.1. The molecule has 8 nitrogen and oxygen atoms in total. The van der Waals surface area contributed by atoms with Crippen molar-refractivity contribution in [2.45, 2.75) is 20.0 Å². The van der Waals surface area contributed by atoms with E-state index in [9.17, 15) is 9.59 Å². The van der Waals surface area contributed by atoms with Crippen LogP contribution in [0.2, 0.25) is 0 Å². The third-order valence-corrected chi connectivity index (χ3v) is 4.98. The molecule has 0 aliphatic heterocycles. The molecule has 0 atom stereocenters. The van der Waals surface area contributed by atoms with E-state index < -0.39 is 0 Å². The van der Waals surface area contributed by atoms with Crippen molar-refractivity contribution in [2.24, 2.45) is 0 Å². The molecule has 4 aromatic rings. The van der Waals surface area contributed by atoms with Gasteiger partial charge in [-0.2, -0.15) is 0 Å². The highest BCUT2D eigenvalue weighted by atomic mass is 16.5. The van der Waals surface area contributed by atoms with Gasteiger partial charge in [-0.25, -0.2) is 9.97 Å². The van der Waals surface area contributed by atoms with E-state index in [1.54, 1.807) is 36.5 Å². The summed E-state index contributed by atoms with van der Waals surface area (Å²) in [5.74, 6) is 0.153. The lowest BCUT2D eigenvalue weighted by Crippen LogP contribution is -2.28. The molecule has 33 heavy (non-hydrogen) atoms. The van der Waals surface area contributed by atoms with Gasteiger partial charge in [0.1, 0.15) is 17.8 Å². The SMILES string of the molecule is CC(C)OCCNC(=O)c1cccc(Nc2ncnc3[nH]cc(C(=O)c4ccccc4)c23)c1. The standard InChI is InChI=1S/C25H25N5O3/c1-16(2)33-12-11-26-25(32)18-9-6-10-19(13-18)30-24-21-20(14-27-23(21)28-15-29-24)22(31)17-7-4-3-5-8-17/h3-10,13-16H,11-12H2,1-2H3,(H,26,32)(H2,27,28,29,30). The Labute approximate surface area is 191 Å². The molecule has 8 heteroatoms. The van der Waals surface area contributed by atoms with Crippen molar-refractivity contribution in [3.63, 3.8) is 0 Å². The Morgan fingerprint density at radius 3 is 2.61 bits per heavy atom. The summed E-state index contributed by atoms with van der Waals surface area (Å²) in [5.41, 5.74) is 2.77. The van der Waals surface area contributed by atoms with Crippen LogP contribution < -0.4 is 10.6 Å². The maximum atomic E-state index is 13.1. The summed E-state index contributed by atoms with van der Waals surface area (Å²) >= 11 is 0. The second-order valence-electron chi connectivity index (χ2n) is 7.72. The van der Waals surface area contributed by atoms with E-state index in [4.69, 9.17) is 4.74 Å². The summed E-state index contributed by atoms with van der Waals surface area (Å²) in [6.45, 7) is 4.77. The van der Waals surface area contributed by atoms with Crippen LogP contribution in [0.3, 0.4) is 0 Å². The summed E-state index contributed by atoms with van der Waals surface area (Å²) in [6, 6.07) is 16.1. The van der Waals surface area contributed by atoms with Crippen LogP contribution in [0.15, 0.2) is 67.1 Å². The normalized spacial score (nSPS) is 11.0. The van der Waals surface area contributed by atoms with Gasteiger partial charge in [-0.05, 0) is 32.0 Å². The number of anilines is 2. The number of hydrogen-bond acceptors (Lipinski definition) is 6. The fourth-order valence-corrected chi connectivity index (χ4v) is 3.42. The van der Waals surface area contributed by atoms with Gasteiger partial charge in [0, 0.05) is 29.6 Å². The number of ether oxygens (including phenoxy) is 1. The van der Waals surface area contributed by atoms with Crippen molar-refractivity contribution in [3.05, 3.63) is 83.8 Å². The summed E-state index contributed by atoms with van der Waals surface area (Å²) in [6.07, 6.45) is 3.18. The molecular weight excluding hydrogens is 418 g/mol. The Hall–Kier alpha value is -4.04. The van der Waals surface area contributed by atoms with Crippen LogP contribution in [0.5, 0.6) is 0 Å². The number of H-pyrrole nitrogens is 1. The van der Waals surface area contributed by atoms with Crippen LogP contribution in [0, 0.1) is 0 Å². The van der Waals surface area contributed by atoms with Crippen molar-refractivity contribution in [2.75, 3.05) is 18.5 Å². The van der Waals surface area contributed by atoms with E-state index in [-0.39, 0.29) is 17.8 Å². The molecule has 0 aliphatic rings. The molecule has 0 saturated heterocycles. The van der Waals surface area contributed by atoms with Crippen molar-refractivity contribution in [1.29, 1.82) is 0 Å². The van der Waals surface area contributed by atoms with E-state index in [1.165, 1.54) is 6.33 Å². The number of fused-ring (bicyclic) bond motifs is 1. The number of hydrogen-bond donors (Lipinski definition) is 3. The van der Waals surface area contributed by atoms with Gasteiger partial charge in [0.25, 0.3) is 5.91 Å². The van der Waals surface area contributed by atoms with Gasteiger partial charge in [0.2, 0.25) is 0 Å². The number of carbonyl (C=O) groups is 2. The van der Waals surface area contributed by atoms with Crippen LogP contribution in [0.25, 0.3) is 11.0 Å². The Morgan fingerprint density at radius 1 is 1.03 bits per heavy atom. The van der Waals surface area contributed by atoms with E-state index in [0.29, 0.717) is 52.4 Å². The highest BCUT2D eigenvalue weighted by Crippen LogP contribution is 2.28. The average Bonchev–Trinajstić information content (AvgIpc) is 3.27. The molecule has 0 fully saturated rings. The lowest BCUT2D eigenvalue weighted by Gasteiger charge is -2.11. The second-order valence-corrected chi connectivity index (χ2v) is 7.72. The predicted molar refractivity (Wildman–Crippen MR) is 127 cm³/mol. The number of ketones is 1. The number of aromatic nitrogens is 3. The highest BCUT2D eigenvalue weighted by molar-refractivity contribution is 6.18. The molecule has 2 heterocycles. The van der Waals surface area contributed by atoms with E-state index in [1.807, 2.05) is 38.1 Å². The fourth-order valence-electron chi connectivity index (χ4n) is 3.42. The molecule has 0 bridgehead atoms. The number of benzene rings is 2. The molecule has 0 unspecified atom stereocenters. The Balaban J connectivity index is 1.56. The highest BCUT2D eigenvalue weighted by Gasteiger charge is 2.18. The molecule has 2 aromatic heterocycles. The van der Waals surface area contributed by atoms with Crippen molar-refractivity contribution in [1.82, 2.24) is 20.3 Å². The molecule has 168 valence electrons. The third-order valence-electron chi connectivity index (χ3n) is 4.98. The van der Waals surface area contributed by atoms with Crippen LogP contribution in [0.1, 0.15) is 40.1 Å². The van der Waals surface area contributed by atoms with Gasteiger partial charge >= 0.3 is 0 Å². The number of aromatic amines is 1. The zero-order chi connectivity index (χ0) is 23.2.